The second-order valence-corrected chi connectivity index (χ2v) is 7.72. The monoisotopic (exact) mass is 364 g/mol. The molecule has 0 spiro atoms. The molecule has 1 saturated heterocycles. The molecule has 0 aromatic heterocycles. The van der Waals surface area contributed by atoms with Crippen molar-refractivity contribution in [1.29, 1.82) is 5.26 Å². The highest BCUT2D eigenvalue weighted by atomic mass is 32.2. The summed E-state index contributed by atoms with van der Waals surface area (Å²) in [6, 6.07) is 7.68. The van der Waals surface area contributed by atoms with E-state index in [2.05, 4.69) is 10.6 Å². The van der Waals surface area contributed by atoms with Gasteiger partial charge in [-0.3, -0.25) is 9.59 Å². The maximum absolute atomic E-state index is 12.7. The predicted molar refractivity (Wildman–Crippen MR) is 90.9 cm³/mol. The summed E-state index contributed by atoms with van der Waals surface area (Å²) in [4.78, 5) is 22.6. The Morgan fingerprint density at radius 2 is 1.84 bits per heavy atom. The first-order valence-corrected chi connectivity index (χ1v) is 9.31. The van der Waals surface area contributed by atoms with Crippen molar-refractivity contribution in [3.63, 3.8) is 0 Å². The number of hydrogen-bond donors (Lipinski definition) is 2. The van der Waals surface area contributed by atoms with Crippen LogP contribution in [0.15, 0.2) is 29.2 Å². The highest BCUT2D eigenvalue weighted by Crippen LogP contribution is 2.22. The number of nitrogens with zero attached hydrogens (tertiary/aromatic N) is 2. The largest absolute Gasteiger partial charge is 0.352 e. The van der Waals surface area contributed by atoms with E-state index in [0.29, 0.717) is 31.6 Å². The van der Waals surface area contributed by atoms with Crippen molar-refractivity contribution in [3.8, 4) is 6.07 Å². The minimum atomic E-state index is -3.61. The molecule has 2 rings (SSSR count). The number of rotatable bonds is 5. The van der Waals surface area contributed by atoms with Crippen LogP contribution in [0, 0.1) is 11.3 Å². The Kier molecular flexibility index (Phi) is 6.12. The highest BCUT2D eigenvalue weighted by Gasteiger charge is 2.29. The lowest BCUT2D eigenvalue weighted by molar-refractivity contribution is -0.121. The SMILES string of the molecule is CC(=O)Nc1ccc(S(=O)(=O)N2CCC(NC(=O)CC#N)CC2)cc1. The average Bonchev–Trinajstić information content (AvgIpc) is 2.55. The van der Waals surface area contributed by atoms with Gasteiger partial charge in [-0.25, -0.2) is 8.42 Å². The fourth-order valence-electron chi connectivity index (χ4n) is 2.65. The Labute approximate surface area is 146 Å². The number of nitrogens with one attached hydrogen (secondary N) is 2. The van der Waals surface area contributed by atoms with Gasteiger partial charge >= 0.3 is 0 Å². The molecule has 0 atom stereocenters. The zero-order valence-corrected chi connectivity index (χ0v) is 14.7. The third-order valence-electron chi connectivity index (χ3n) is 3.87. The Balaban J connectivity index is 1.98. The minimum absolute atomic E-state index is 0.116. The third kappa shape index (κ3) is 5.01. The van der Waals surface area contributed by atoms with Crippen molar-refractivity contribution in [2.45, 2.75) is 37.1 Å². The van der Waals surface area contributed by atoms with Crippen LogP contribution < -0.4 is 10.6 Å². The van der Waals surface area contributed by atoms with E-state index < -0.39 is 10.0 Å². The summed E-state index contributed by atoms with van der Waals surface area (Å²) in [5, 5.41) is 13.8. The maximum atomic E-state index is 12.7. The van der Waals surface area contributed by atoms with Gasteiger partial charge in [-0.05, 0) is 37.1 Å². The summed E-state index contributed by atoms with van der Waals surface area (Å²) >= 11 is 0. The van der Waals surface area contributed by atoms with E-state index >= 15 is 0 Å². The van der Waals surface area contributed by atoms with Crippen molar-refractivity contribution < 1.29 is 18.0 Å². The summed E-state index contributed by atoms with van der Waals surface area (Å²) in [7, 11) is -3.61. The quantitative estimate of drug-likeness (QED) is 0.802. The second-order valence-electron chi connectivity index (χ2n) is 5.79. The van der Waals surface area contributed by atoms with Gasteiger partial charge in [0.1, 0.15) is 6.42 Å². The van der Waals surface area contributed by atoms with Crippen LogP contribution in [0.2, 0.25) is 0 Å². The number of anilines is 1. The van der Waals surface area contributed by atoms with Crippen LogP contribution in [0.4, 0.5) is 5.69 Å². The first-order valence-electron chi connectivity index (χ1n) is 7.87. The molecule has 0 radical (unpaired) electrons. The van der Waals surface area contributed by atoms with E-state index in [1.807, 2.05) is 0 Å². The van der Waals surface area contributed by atoms with E-state index in [0.717, 1.165) is 0 Å². The number of piperidine rings is 1. The average molecular weight is 364 g/mol. The van der Waals surface area contributed by atoms with Gasteiger partial charge in [-0.15, -0.1) is 0 Å². The molecule has 9 heteroatoms. The molecule has 2 N–H and O–H groups in total. The molecule has 1 aliphatic heterocycles. The zero-order chi connectivity index (χ0) is 18.4. The molecular weight excluding hydrogens is 344 g/mol. The van der Waals surface area contributed by atoms with Crippen molar-refractivity contribution >= 4 is 27.5 Å². The Morgan fingerprint density at radius 1 is 1.24 bits per heavy atom. The standard InChI is InChI=1S/C16H20N4O4S/c1-12(21)18-13-2-4-15(5-3-13)25(23,24)20-10-7-14(8-11-20)19-16(22)6-9-17/h2-5,14H,6-8,10-11H2,1H3,(H,18,21)(H,19,22). The van der Waals surface area contributed by atoms with Gasteiger partial charge in [-0.2, -0.15) is 9.57 Å². The number of carbonyl (C=O) groups excluding carboxylic acids is 2. The molecule has 0 unspecified atom stereocenters. The summed E-state index contributed by atoms with van der Waals surface area (Å²) in [5.41, 5.74) is 0.533. The summed E-state index contributed by atoms with van der Waals surface area (Å²) in [5.74, 6) is -0.562. The molecule has 1 fully saturated rings. The van der Waals surface area contributed by atoms with Gasteiger partial charge in [0.25, 0.3) is 0 Å². The zero-order valence-electron chi connectivity index (χ0n) is 13.9. The lowest BCUT2D eigenvalue weighted by Gasteiger charge is -2.31. The van der Waals surface area contributed by atoms with Crippen molar-refractivity contribution in [1.82, 2.24) is 9.62 Å². The van der Waals surface area contributed by atoms with Crippen LogP contribution in [0.25, 0.3) is 0 Å². The Morgan fingerprint density at radius 3 is 2.36 bits per heavy atom. The number of amides is 2. The van der Waals surface area contributed by atoms with Gasteiger partial charge in [0.05, 0.1) is 11.0 Å². The van der Waals surface area contributed by atoms with Crippen LogP contribution in [0.5, 0.6) is 0 Å². The molecule has 0 bridgehead atoms. The molecule has 1 aromatic carbocycles. The number of benzene rings is 1. The summed E-state index contributed by atoms with van der Waals surface area (Å²) in [6.07, 6.45) is 0.805. The van der Waals surface area contributed by atoms with Gasteiger partial charge in [0.2, 0.25) is 21.8 Å². The smallest absolute Gasteiger partial charge is 0.243 e. The Hall–Kier alpha value is -2.44. The van der Waals surface area contributed by atoms with E-state index in [-0.39, 0.29) is 29.2 Å². The van der Waals surface area contributed by atoms with E-state index in [9.17, 15) is 18.0 Å². The summed E-state index contributed by atoms with van der Waals surface area (Å²) in [6.45, 7) is 1.98. The van der Waals surface area contributed by atoms with Gasteiger partial charge < -0.3 is 10.6 Å². The van der Waals surface area contributed by atoms with Crippen LogP contribution in [-0.2, 0) is 19.6 Å². The van der Waals surface area contributed by atoms with E-state index in [1.165, 1.54) is 23.4 Å². The maximum Gasteiger partial charge on any atom is 0.243 e. The highest BCUT2D eigenvalue weighted by molar-refractivity contribution is 7.89. The molecule has 1 aliphatic rings. The minimum Gasteiger partial charge on any atom is -0.352 e. The summed E-state index contributed by atoms with van der Waals surface area (Å²) < 4.78 is 26.7. The van der Waals surface area contributed by atoms with Crippen LogP contribution in [0.1, 0.15) is 26.2 Å². The topological polar surface area (TPSA) is 119 Å². The normalized spacial score (nSPS) is 16.0. The number of sulfonamides is 1. The molecule has 1 aromatic rings. The van der Waals surface area contributed by atoms with E-state index in [4.69, 9.17) is 5.26 Å². The number of hydrogen-bond acceptors (Lipinski definition) is 5. The first-order chi connectivity index (χ1) is 11.8. The lowest BCUT2D eigenvalue weighted by Crippen LogP contribution is -2.46. The van der Waals surface area contributed by atoms with Crippen LogP contribution >= 0.6 is 0 Å². The van der Waals surface area contributed by atoms with Gasteiger partial charge in [0.15, 0.2) is 0 Å². The van der Waals surface area contributed by atoms with Crippen LogP contribution in [-0.4, -0.2) is 43.7 Å². The molecular formula is C16H20N4O4S. The fourth-order valence-corrected chi connectivity index (χ4v) is 4.12. The first kappa shape index (κ1) is 18.9. The third-order valence-corrected chi connectivity index (χ3v) is 5.78. The second kappa shape index (κ2) is 8.09. The Bertz CT molecular complexity index is 775. The molecule has 1 heterocycles. The molecule has 0 saturated carbocycles. The molecule has 2 amide bonds. The van der Waals surface area contributed by atoms with Crippen molar-refractivity contribution in [3.05, 3.63) is 24.3 Å². The van der Waals surface area contributed by atoms with Gasteiger partial charge in [0, 0.05) is 31.7 Å². The lowest BCUT2D eigenvalue weighted by atomic mass is 10.1. The number of carbonyl (C=O) groups is 2. The number of nitriles is 1. The fraction of sp³-hybridized carbons (Fsp3) is 0.438. The molecule has 0 aliphatic carbocycles. The molecule has 134 valence electrons. The van der Waals surface area contributed by atoms with Crippen molar-refractivity contribution in [2.24, 2.45) is 0 Å². The van der Waals surface area contributed by atoms with Gasteiger partial charge in [-0.1, -0.05) is 0 Å². The predicted octanol–water partition coefficient (Wildman–Crippen LogP) is 0.828. The van der Waals surface area contributed by atoms with Crippen LogP contribution in [0.3, 0.4) is 0 Å². The molecule has 25 heavy (non-hydrogen) atoms. The molecule has 8 nitrogen and oxygen atoms in total. The van der Waals surface area contributed by atoms with E-state index in [1.54, 1.807) is 18.2 Å². The van der Waals surface area contributed by atoms with Crippen molar-refractivity contribution in [2.75, 3.05) is 18.4 Å².